The molecule has 5 nitrogen and oxygen atoms in total. The maximum absolute atomic E-state index is 12.7. The maximum atomic E-state index is 12.7. The van der Waals surface area contributed by atoms with Gasteiger partial charge in [-0.15, -0.1) is 11.3 Å². The van der Waals surface area contributed by atoms with Gasteiger partial charge >= 0.3 is 0 Å². The van der Waals surface area contributed by atoms with Crippen LogP contribution in [0.2, 0.25) is 0 Å². The molecule has 1 aromatic carbocycles. The van der Waals surface area contributed by atoms with Gasteiger partial charge in [-0.25, -0.2) is 4.98 Å². The van der Waals surface area contributed by atoms with Crippen LogP contribution in [0, 0.1) is 0 Å². The largest absolute Gasteiger partial charge is 0.373 e. The van der Waals surface area contributed by atoms with Crippen molar-refractivity contribution in [3.8, 4) is 11.1 Å². The molecule has 0 aliphatic carbocycles. The minimum absolute atomic E-state index is 0.0607. The van der Waals surface area contributed by atoms with E-state index in [-0.39, 0.29) is 17.8 Å². The number of thiophene rings is 1. The molecule has 2 atom stereocenters. The lowest BCUT2D eigenvalue weighted by Crippen LogP contribution is -2.45. The molecule has 0 radical (unpaired) electrons. The number of ether oxygens (including phenoxy) is 1. The Hall–Kier alpha value is -2.02. The number of morpholine rings is 1. The van der Waals surface area contributed by atoms with Gasteiger partial charge in [0.1, 0.15) is 10.7 Å². The summed E-state index contributed by atoms with van der Waals surface area (Å²) in [5.41, 5.74) is 1.94. The fraction of sp³-hybridized carbons (Fsp3) is 0.368. The van der Waals surface area contributed by atoms with Crippen LogP contribution in [0.15, 0.2) is 40.5 Å². The molecule has 1 aliphatic heterocycles. The molecule has 1 N–H and O–H groups in total. The van der Waals surface area contributed by atoms with E-state index >= 15 is 0 Å². The van der Waals surface area contributed by atoms with Gasteiger partial charge in [-0.3, -0.25) is 9.69 Å². The van der Waals surface area contributed by atoms with E-state index in [9.17, 15) is 4.79 Å². The van der Waals surface area contributed by atoms with Gasteiger partial charge < -0.3 is 9.72 Å². The number of nitrogens with one attached hydrogen (secondary N) is 1. The molecule has 1 aliphatic rings. The molecule has 130 valence electrons. The lowest BCUT2D eigenvalue weighted by Gasteiger charge is -2.34. The zero-order valence-corrected chi connectivity index (χ0v) is 15.2. The summed E-state index contributed by atoms with van der Waals surface area (Å²) in [5, 5.41) is 2.70. The summed E-state index contributed by atoms with van der Waals surface area (Å²) < 4.78 is 5.77. The fourth-order valence-electron chi connectivity index (χ4n) is 3.52. The Balaban J connectivity index is 1.66. The van der Waals surface area contributed by atoms with Crippen LogP contribution in [0.3, 0.4) is 0 Å². The van der Waals surface area contributed by atoms with Crippen molar-refractivity contribution in [2.45, 2.75) is 32.6 Å². The number of hydrogen-bond donors (Lipinski definition) is 1. The van der Waals surface area contributed by atoms with E-state index in [1.807, 2.05) is 35.7 Å². The van der Waals surface area contributed by atoms with Gasteiger partial charge in [0.25, 0.3) is 5.56 Å². The van der Waals surface area contributed by atoms with Gasteiger partial charge in [0.05, 0.1) is 24.1 Å². The van der Waals surface area contributed by atoms with Crippen LogP contribution in [0.5, 0.6) is 0 Å². The second-order valence-corrected chi connectivity index (χ2v) is 7.52. The van der Waals surface area contributed by atoms with E-state index in [0.717, 1.165) is 34.9 Å². The second kappa shape index (κ2) is 6.71. The zero-order valence-electron chi connectivity index (χ0n) is 14.4. The van der Waals surface area contributed by atoms with Crippen molar-refractivity contribution in [1.82, 2.24) is 14.9 Å². The smallest absolute Gasteiger partial charge is 0.260 e. The highest BCUT2D eigenvalue weighted by atomic mass is 32.1. The van der Waals surface area contributed by atoms with Gasteiger partial charge in [-0.1, -0.05) is 30.3 Å². The van der Waals surface area contributed by atoms with E-state index in [4.69, 9.17) is 9.72 Å². The molecule has 1 fully saturated rings. The third-order valence-electron chi connectivity index (χ3n) is 4.45. The fourth-order valence-corrected chi connectivity index (χ4v) is 4.49. The highest BCUT2D eigenvalue weighted by Gasteiger charge is 2.23. The van der Waals surface area contributed by atoms with Crippen molar-refractivity contribution in [1.29, 1.82) is 0 Å². The van der Waals surface area contributed by atoms with E-state index in [0.29, 0.717) is 11.9 Å². The molecular weight excluding hydrogens is 334 g/mol. The first-order valence-electron chi connectivity index (χ1n) is 8.54. The van der Waals surface area contributed by atoms with Crippen LogP contribution in [0.25, 0.3) is 21.3 Å². The summed E-state index contributed by atoms with van der Waals surface area (Å²) in [6.07, 6.45) is 0.399. The molecular formula is C19H21N3O2S. The van der Waals surface area contributed by atoms with Gasteiger partial charge in [0.2, 0.25) is 0 Å². The van der Waals surface area contributed by atoms with E-state index in [1.165, 1.54) is 11.3 Å². The van der Waals surface area contributed by atoms with E-state index < -0.39 is 0 Å². The Morgan fingerprint density at radius 3 is 2.68 bits per heavy atom. The number of nitrogens with zero attached hydrogens (tertiary/aromatic N) is 2. The van der Waals surface area contributed by atoms with Crippen LogP contribution < -0.4 is 5.56 Å². The normalized spacial score (nSPS) is 21.7. The Labute approximate surface area is 150 Å². The third-order valence-corrected chi connectivity index (χ3v) is 5.32. The third kappa shape index (κ3) is 3.38. The lowest BCUT2D eigenvalue weighted by molar-refractivity contribution is -0.0710. The molecule has 0 bridgehead atoms. The second-order valence-electron chi connectivity index (χ2n) is 6.66. The summed E-state index contributed by atoms with van der Waals surface area (Å²) in [6, 6.07) is 9.98. The Morgan fingerprint density at radius 1 is 1.24 bits per heavy atom. The van der Waals surface area contributed by atoms with Crippen molar-refractivity contribution < 1.29 is 4.74 Å². The van der Waals surface area contributed by atoms with Crippen molar-refractivity contribution in [2.75, 3.05) is 13.1 Å². The molecule has 25 heavy (non-hydrogen) atoms. The predicted molar refractivity (Wildman–Crippen MR) is 101 cm³/mol. The Kier molecular flexibility index (Phi) is 4.41. The van der Waals surface area contributed by atoms with Crippen LogP contribution in [-0.2, 0) is 11.3 Å². The zero-order chi connectivity index (χ0) is 17.4. The number of fused-ring (bicyclic) bond motifs is 1. The van der Waals surface area contributed by atoms with Crippen molar-refractivity contribution in [3.05, 3.63) is 51.9 Å². The van der Waals surface area contributed by atoms with E-state index in [2.05, 4.69) is 23.7 Å². The Morgan fingerprint density at radius 2 is 1.96 bits per heavy atom. The van der Waals surface area contributed by atoms with Crippen molar-refractivity contribution >= 4 is 21.6 Å². The maximum Gasteiger partial charge on any atom is 0.260 e. The van der Waals surface area contributed by atoms with E-state index in [1.54, 1.807) is 0 Å². The molecule has 0 spiro atoms. The molecule has 6 heteroatoms. The number of aromatic amines is 1. The first-order valence-corrected chi connectivity index (χ1v) is 9.42. The summed E-state index contributed by atoms with van der Waals surface area (Å²) in [7, 11) is 0. The van der Waals surface area contributed by atoms with Crippen LogP contribution in [0.4, 0.5) is 0 Å². The highest BCUT2D eigenvalue weighted by molar-refractivity contribution is 7.17. The first kappa shape index (κ1) is 16.4. The van der Waals surface area contributed by atoms with Gasteiger partial charge in [-0.2, -0.15) is 0 Å². The Bertz CT molecular complexity index is 925. The molecule has 3 heterocycles. The average molecular weight is 355 g/mol. The molecule has 3 aromatic rings. The topological polar surface area (TPSA) is 58.2 Å². The monoisotopic (exact) mass is 355 g/mol. The molecule has 0 amide bonds. The molecule has 1 saturated heterocycles. The van der Waals surface area contributed by atoms with Gasteiger partial charge in [0.15, 0.2) is 0 Å². The number of hydrogen-bond acceptors (Lipinski definition) is 5. The minimum Gasteiger partial charge on any atom is -0.373 e. The molecule has 4 rings (SSSR count). The average Bonchev–Trinajstić information content (AvgIpc) is 2.99. The van der Waals surface area contributed by atoms with Crippen molar-refractivity contribution in [3.63, 3.8) is 0 Å². The summed E-state index contributed by atoms with van der Waals surface area (Å²) >= 11 is 1.53. The predicted octanol–water partition coefficient (Wildman–Crippen LogP) is 3.26. The highest BCUT2D eigenvalue weighted by Crippen LogP contribution is 2.30. The lowest BCUT2D eigenvalue weighted by atomic mass is 10.1. The van der Waals surface area contributed by atoms with Crippen molar-refractivity contribution in [2.24, 2.45) is 0 Å². The minimum atomic E-state index is -0.0607. The van der Waals surface area contributed by atoms with Crippen LogP contribution >= 0.6 is 11.3 Å². The SMILES string of the molecule is C[C@@H]1CN(Cc2nc3scc(-c4ccccc4)c3c(=O)[nH]2)C[C@H](C)O1. The standard InChI is InChI=1S/C19H21N3O2S/c1-12-8-22(9-13(2)24-12)10-16-20-18(23)17-15(11-25-19(17)21-16)14-6-4-3-5-7-14/h3-7,11-13H,8-10H2,1-2H3,(H,20,21,23)/t12-,13+. The summed E-state index contributed by atoms with van der Waals surface area (Å²) in [5.74, 6) is 0.722. The molecule has 2 aromatic heterocycles. The first-order chi connectivity index (χ1) is 12.1. The number of benzene rings is 1. The number of rotatable bonds is 3. The number of aromatic nitrogens is 2. The molecule has 0 saturated carbocycles. The van der Waals surface area contributed by atoms with Gasteiger partial charge in [0, 0.05) is 24.0 Å². The summed E-state index contributed by atoms with van der Waals surface area (Å²) in [4.78, 5) is 23.5. The van der Waals surface area contributed by atoms with Crippen LogP contribution in [-0.4, -0.2) is 40.2 Å². The van der Waals surface area contributed by atoms with Gasteiger partial charge in [-0.05, 0) is 19.4 Å². The summed E-state index contributed by atoms with van der Waals surface area (Å²) in [6.45, 7) is 6.50. The quantitative estimate of drug-likeness (QED) is 0.783. The molecule has 0 unspecified atom stereocenters. The number of H-pyrrole nitrogens is 1. The van der Waals surface area contributed by atoms with Crippen LogP contribution in [0.1, 0.15) is 19.7 Å².